The van der Waals surface area contributed by atoms with Crippen LogP contribution in [0.25, 0.3) is 0 Å². The van der Waals surface area contributed by atoms with Crippen LogP contribution in [0.4, 0.5) is 0 Å². The van der Waals surface area contributed by atoms with Gasteiger partial charge >= 0.3 is 0 Å². The molecular weight excluding hydrogens is 406 g/mol. The number of amides is 1. The van der Waals surface area contributed by atoms with Gasteiger partial charge < -0.3 is 4.90 Å². The van der Waals surface area contributed by atoms with Crippen LogP contribution in [0.1, 0.15) is 28.8 Å². The normalized spacial score (nSPS) is 14.3. The van der Waals surface area contributed by atoms with Crippen LogP contribution in [-0.4, -0.2) is 37.3 Å². The van der Waals surface area contributed by atoms with Gasteiger partial charge in [0, 0.05) is 36.5 Å². The summed E-state index contributed by atoms with van der Waals surface area (Å²) in [6, 6.07) is 8.20. The summed E-state index contributed by atoms with van der Waals surface area (Å²) in [5.74, 6) is -0.265. The maximum absolute atomic E-state index is 12.7. The molecule has 1 N–H and O–H groups in total. The van der Waals surface area contributed by atoms with Crippen molar-refractivity contribution in [3.05, 3.63) is 58.3 Å². The van der Waals surface area contributed by atoms with E-state index in [4.69, 9.17) is 0 Å². The zero-order valence-corrected chi connectivity index (χ0v) is 16.0. The highest BCUT2D eigenvalue weighted by molar-refractivity contribution is 9.10. The van der Waals surface area contributed by atoms with E-state index in [0.29, 0.717) is 16.6 Å². The van der Waals surface area contributed by atoms with Gasteiger partial charge in [-0.25, -0.2) is 13.1 Å². The van der Waals surface area contributed by atoms with Crippen LogP contribution in [0.3, 0.4) is 0 Å². The molecule has 1 aromatic carbocycles. The average molecular weight is 424 g/mol. The van der Waals surface area contributed by atoms with Crippen LogP contribution in [0.2, 0.25) is 0 Å². The second-order valence-corrected chi connectivity index (χ2v) is 8.63. The van der Waals surface area contributed by atoms with E-state index in [1.165, 1.54) is 17.0 Å². The molecule has 0 spiro atoms. The van der Waals surface area contributed by atoms with Crippen molar-refractivity contribution in [1.82, 2.24) is 14.6 Å². The SMILES string of the molecule is CN(Cc1cccnc1)C(=O)c1cc(S(=O)(=O)NC2CC2)ccc1Br. The Bertz CT molecular complexity index is 883. The minimum atomic E-state index is -3.61. The third-order valence-electron chi connectivity index (χ3n) is 3.87. The smallest absolute Gasteiger partial charge is 0.255 e. The van der Waals surface area contributed by atoms with Crippen LogP contribution in [0, 0.1) is 0 Å². The highest BCUT2D eigenvalue weighted by atomic mass is 79.9. The Morgan fingerprint density at radius 1 is 1.36 bits per heavy atom. The summed E-state index contributed by atoms with van der Waals surface area (Å²) in [4.78, 5) is 18.4. The van der Waals surface area contributed by atoms with Crippen molar-refractivity contribution in [2.45, 2.75) is 30.3 Å². The zero-order chi connectivity index (χ0) is 18.0. The topological polar surface area (TPSA) is 79.4 Å². The van der Waals surface area contributed by atoms with E-state index in [1.807, 2.05) is 6.07 Å². The van der Waals surface area contributed by atoms with Gasteiger partial charge in [-0.1, -0.05) is 6.07 Å². The first-order chi connectivity index (χ1) is 11.9. The van der Waals surface area contributed by atoms with Crippen molar-refractivity contribution in [2.24, 2.45) is 0 Å². The van der Waals surface area contributed by atoms with Crippen molar-refractivity contribution in [3.8, 4) is 0 Å². The first kappa shape index (κ1) is 18.0. The van der Waals surface area contributed by atoms with Crippen molar-refractivity contribution < 1.29 is 13.2 Å². The molecule has 0 atom stereocenters. The van der Waals surface area contributed by atoms with Gasteiger partial charge in [0.05, 0.1) is 10.5 Å². The van der Waals surface area contributed by atoms with Gasteiger partial charge in [-0.3, -0.25) is 9.78 Å². The zero-order valence-electron chi connectivity index (χ0n) is 13.6. The fraction of sp³-hybridized carbons (Fsp3) is 0.294. The largest absolute Gasteiger partial charge is 0.337 e. The van der Waals surface area contributed by atoms with E-state index in [2.05, 4.69) is 25.6 Å². The van der Waals surface area contributed by atoms with Crippen LogP contribution in [-0.2, 0) is 16.6 Å². The number of benzene rings is 1. The van der Waals surface area contributed by atoms with Gasteiger partial charge in [0.1, 0.15) is 0 Å². The Labute approximate surface area is 155 Å². The minimum Gasteiger partial charge on any atom is -0.337 e. The monoisotopic (exact) mass is 423 g/mol. The van der Waals surface area contributed by atoms with Crippen LogP contribution in [0.15, 0.2) is 52.1 Å². The van der Waals surface area contributed by atoms with Gasteiger partial charge in [0.15, 0.2) is 0 Å². The van der Waals surface area contributed by atoms with E-state index in [0.717, 1.165) is 18.4 Å². The number of sulfonamides is 1. The number of halogens is 1. The molecule has 0 saturated heterocycles. The molecule has 1 aliphatic carbocycles. The van der Waals surface area contributed by atoms with E-state index in [1.54, 1.807) is 31.6 Å². The fourth-order valence-corrected chi connectivity index (χ4v) is 4.11. The number of rotatable bonds is 6. The maximum atomic E-state index is 12.7. The molecule has 25 heavy (non-hydrogen) atoms. The lowest BCUT2D eigenvalue weighted by Gasteiger charge is -2.18. The Morgan fingerprint density at radius 3 is 2.76 bits per heavy atom. The van der Waals surface area contributed by atoms with E-state index in [9.17, 15) is 13.2 Å². The Balaban J connectivity index is 1.83. The number of nitrogens with one attached hydrogen (secondary N) is 1. The number of carbonyl (C=O) groups excluding carboxylic acids is 1. The molecule has 1 fully saturated rings. The number of pyridine rings is 1. The Morgan fingerprint density at radius 2 is 2.12 bits per heavy atom. The predicted molar refractivity (Wildman–Crippen MR) is 97.5 cm³/mol. The maximum Gasteiger partial charge on any atom is 0.255 e. The number of aromatic nitrogens is 1. The lowest BCUT2D eigenvalue weighted by atomic mass is 10.2. The molecule has 1 saturated carbocycles. The molecule has 1 amide bonds. The van der Waals surface area contributed by atoms with Crippen molar-refractivity contribution >= 4 is 31.9 Å². The fourth-order valence-electron chi connectivity index (χ4n) is 2.37. The highest BCUT2D eigenvalue weighted by Crippen LogP contribution is 2.26. The third-order valence-corrected chi connectivity index (χ3v) is 6.08. The van der Waals surface area contributed by atoms with Gasteiger partial charge in [-0.2, -0.15) is 0 Å². The molecular formula is C17H18BrN3O3S. The molecule has 1 heterocycles. The molecule has 1 aromatic heterocycles. The van der Waals surface area contributed by atoms with Crippen molar-refractivity contribution in [3.63, 3.8) is 0 Å². The summed E-state index contributed by atoms with van der Waals surface area (Å²) in [6.45, 7) is 0.385. The lowest BCUT2D eigenvalue weighted by Crippen LogP contribution is -2.28. The summed E-state index contributed by atoms with van der Waals surface area (Å²) >= 11 is 3.34. The quantitative estimate of drug-likeness (QED) is 0.773. The molecule has 0 bridgehead atoms. The van der Waals surface area contributed by atoms with E-state index in [-0.39, 0.29) is 16.8 Å². The summed E-state index contributed by atoms with van der Waals surface area (Å²) < 4.78 is 27.9. The summed E-state index contributed by atoms with van der Waals surface area (Å²) in [6.07, 6.45) is 5.08. The third kappa shape index (κ3) is 4.45. The molecule has 0 aliphatic heterocycles. The van der Waals surface area contributed by atoms with Crippen LogP contribution in [0.5, 0.6) is 0 Å². The molecule has 1 aliphatic rings. The molecule has 0 radical (unpaired) electrons. The van der Waals surface area contributed by atoms with Crippen molar-refractivity contribution in [2.75, 3.05) is 7.05 Å². The Kier molecular flexibility index (Phi) is 5.21. The van der Waals surface area contributed by atoms with E-state index >= 15 is 0 Å². The molecule has 3 rings (SSSR count). The van der Waals surface area contributed by atoms with Crippen LogP contribution >= 0.6 is 15.9 Å². The Hall–Kier alpha value is -1.77. The molecule has 132 valence electrons. The second-order valence-electron chi connectivity index (χ2n) is 6.06. The number of hydrogen-bond donors (Lipinski definition) is 1. The summed E-state index contributed by atoms with van der Waals surface area (Å²) in [5.41, 5.74) is 1.21. The number of carbonyl (C=O) groups is 1. The highest BCUT2D eigenvalue weighted by Gasteiger charge is 2.29. The van der Waals surface area contributed by atoms with Gasteiger partial charge in [-0.05, 0) is 58.6 Å². The average Bonchev–Trinajstić information content (AvgIpc) is 3.38. The summed E-state index contributed by atoms with van der Waals surface area (Å²) in [5, 5.41) is 0. The van der Waals surface area contributed by atoms with Gasteiger partial charge in [0.25, 0.3) is 5.91 Å². The molecule has 6 nitrogen and oxygen atoms in total. The van der Waals surface area contributed by atoms with E-state index < -0.39 is 10.0 Å². The van der Waals surface area contributed by atoms with Crippen LogP contribution < -0.4 is 4.72 Å². The van der Waals surface area contributed by atoms with Crippen molar-refractivity contribution in [1.29, 1.82) is 0 Å². The van der Waals surface area contributed by atoms with Gasteiger partial charge in [0.2, 0.25) is 10.0 Å². The number of nitrogens with zero attached hydrogens (tertiary/aromatic N) is 2. The standard InChI is InChI=1S/C17H18BrN3O3S/c1-21(11-12-3-2-8-19-10-12)17(22)15-9-14(6-7-16(15)18)25(23,24)20-13-4-5-13/h2-3,6-10,13,20H,4-5,11H2,1H3. The first-order valence-corrected chi connectivity index (χ1v) is 10.1. The molecule has 0 unspecified atom stereocenters. The first-order valence-electron chi connectivity index (χ1n) is 7.83. The second kappa shape index (κ2) is 7.23. The van der Waals surface area contributed by atoms with Gasteiger partial charge in [-0.15, -0.1) is 0 Å². The summed E-state index contributed by atoms with van der Waals surface area (Å²) in [7, 11) is -1.93. The predicted octanol–water partition coefficient (Wildman–Crippen LogP) is 2.56. The molecule has 8 heteroatoms. The lowest BCUT2D eigenvalue weighted by molar-refractivity contribution is 0.0784. The molecule has 2 aromatic rings. The minimum absolute atomic E-state index is 0.0149. The number of hydrogen-bond acceptors (Lipinski definition) is 4.